The number of thiophene rings is 1. The Balaban J connectivity index is 3.04. The van der Waals surface area contributed by atoms with Crippen LogP contribution in [0.3, 0.4) is 0 Å². The Hall–Kier alpha value is -0.540. The van der Waals surface area contributed by atoms with Gasteiger partial charge in [0.15, 0.2) is 11.1 Å². The normalized spacial score (nSPS) is 11.9. The predicted octanol–water partition coefficient (Wildman–Crippen LogP) is 1.28. The molecule has 0 amide bonds. The van der Waals surface area contributed by atoms with Gasteiger partial charge in [0.05, 0.1) is 0 Å². The molecule has 0 aliphatic heterocycles. The summed E-state index contributed by atoms with van der Waals surface area (Å²) in [6.07, 6.45) is 0. The fraction of sp³-hybridized carbons (Fsp3) is 0. The van der Waals surface area contributed by atoms with Crippen molar-refractivity contribution < 1.29 is 9.66 Å². The number of hydrogen-bond donors (Lipinski definition) is 2. The minimum atomic E-state index is -0.796. The van der Waals surface area contributed by atoms with E-state index in [1.807, 2.05) is 0 Å². The monoisotopic (exact) mass is 117 g/mol. The maximum Gasteiger partial charge on any atom is 0.216 e. The van der Waals surface area contributed by atoms with Gasteiger partial charge in [-0.05, 0) is 0 Å². The van der Waals surface area contributed by atoms with Crippen molar-refractivity contribution in [2.75, 3.05) is 0 Å². The summed E-state index contributed by atoms with van der Waals surface area (Å²) in [7, 11) is -0.796. The van der Waals surface area contributed by atoms with Crippen LogP contribution >= 0.6 is 10.8 Å². The molecule has 0 aliphatic rings. The van der Waals surface area contributed by atoms with E-state index >= 15 is 0 Å². The van der Waals surface area contributed by atoms with E-state index in [1.54, 1.807) is 0 Å². The van der Waals surface area contributed by atoms with Crippen LogP contribution in [-0.4, -0.2) is 9.66 Å². The van der Waals surface area contributed by atoms with Crippen molar-refractivity contribution in [3.63, 3.8) is 0 Å². The third-order valence-electron chi connectivity index (χ3n) is 0.620. The van der Waals surface area contributed by atoms with Crippen molar-refractivity contribution in [2.24, 2.45) is 0 Å². The Labute approximate surface area is 43.8 Å². The quantitative estimate of drug-likeness (QED) is 0.502. The molecular formula is C4H5O2S+. The molecule has 1 aromatic heterocycles. The highest BCUT2D eigenvalue weighted by molar-refractivity contribution is 7.22. The Kier molecular flexibility index (Phi) is 1.00. The molecular weight excluding hydrogens is 112 g/mol. The number of rotatable bonds is 0. The average molecular weight is 117 g/mol. The molecule has 38 valence electrons. The van der Waals surface area contributed by atoms with Gasteiger partial charge in [-0.1, -0.05) is 0 Å². The molecule has 2 nitrogen and oxygen atoms in total. The Morgan fingerprint density at radius 3 is 2.43 bits per heavy atom. The molecule has 7 heavy (non-hydrogen) atoms. The van der Waals surface area contributed by atoms with E-state index in [0.29, 0.717) is 0 Å². The molecule has 2 N–H and O–H groups in total. The summed E-state index contributed by atoms with van der Waals surface area (Å²) in [6.45, 7) is 0. The molecule has 3 heteroatoms. The van der Waals surface area contributed by atoms with Crippen LogP contribution in [0.25, 0.3) is 0 Å². The Morgan fingerprint density at radius 2 is 2.29 bits per heavy atom. The summed E-state index contributed by atoms with van der Waals surface area (Å²) in [4.78, 5) is 0. The van der Waals surface area contributed by atoms with E-state index < -0.39 is 10.8 Å². The van der Waals surface area contributed by atoms with E-state index in [9.17, 15) is 0 Å². The zero-order valence-electron chi connectivity index (χ0n) is 3.53. The van der Waals surface area contributed by atoms with Crippen LogP contribution in [-0.2, 0) is 0 Å². The highest BCUT2D eigenvalue weighted by Gasteiger charge is 1.98. The molecule has 1 heterocycles. The average Bonchev–Trinajstić information content (AvgIpc) is 1.87. The fourth-order valence-electron chi connectivity index (χ4n) is 0.342. The molecule has 1 atom stereocenters. The fourth-order valence-corrected chi connectivity index (χ4v) is 1.03. The second-order valence-electron chi connectivity index (χ2n) is 1.19. The van der Waals surface area contributed by atoms with Crippen molar-refractivity contribution in [1.29, 1.82) is 0 Å². The van der Waals surface area contributed by atoms with Crippen molar-refractivity contribution in [3.05, 3.63) is 16.8 Å². The van der Waals surface area contributed by atoms with Crippen molar-refractivity contribution in [1.82, 2.24) is 0 Å². The lowest BCUT2D eigenvalue weighted by Gasteiger charge is -1.64. The standard InChI is InChI=1S/C4H4O2S/c5-4-1-2-7(6)3-4/h1-3,6H/p+1. The van der Waals surface area contributed by atoms with Crippen molar-refractivity contribution in [3.8, 4) is 5.75 Å². The third-order valence-corrected chi connectivity index (χ3v) is 1.52. The molecule has 0 fully saturated rings. The predicted molar refractivity (Wildman–Crippen MR) is 27.9 cm³/mol. The summed E-state index contributed by atoms with van der Waals surface area (Å²) in [5.74, 6) is 0.158. The van der Waals surface area contributed by atoms with Crippen molar-refractivity contribution >= 4 is 10.8 Å². The van der Waals surface area contributed by atoms with Crippen molar-refractivity contribution in [2.45, 2.75) is 0 Å². The van der Waals surface area contributed by atoms with Crippen LogP contribution in [0.1, 0.15) is 0 Å². The zero-order valence-corrected chi connectivity index (χ0v) is 4.35. The summed E-state index contributed by atoms with van der Waals surface area (Å²) >= 11 is 0. The first kappa shape index (κ1) is 4.61. The smallest absolute Gasteiger partial charge is 0.216 e. The van der Waals surface area contributed by atoms with Gasteiger partial charge in [-0.25, -0.2) is 0 Å². The van der Waals surface area contributed by atoms with Crippen LogP contribution in [0.2, 0.25) is 0 Å². The summed E-state index contributed by atoms with van der Waals surface area (Å²) < 4.78 is 8.60. The van der Waals surface area contributed by atoms with Crippen LogP contribution in [0, 0.1) is 0 Å². The summed E-state index contributed by atoms with van der Waals surface area (Å²) in [6, 6.07) is 1.48. The molecule has 1 aromatic rings. The van der Waals surface area contributed by atoms with Gasteiger partial charge in [0.25, 0.3) is 0 Å². The van der Waals surface area contributed by atoms with E-state index in [2.05, 4.69) is 0 Å². The molecule has 0 saturated carbocycles. The van der Waals surface area contributed by atoms with Gasteiger partial charge < -0.3 is 5.11 Å². The van der Waals surface area contributed by atoms with E-state index in [1.165, 1.54) is 16.8 Å². The topological polar surface area (TPSA) is 40.5 Å². The first-order valence-electron chi connectivity index (χ1n) is 1.79. The molecule has 0 aliphatic carbocycles. The lowest BCUT2D eigenvalue weighted by atomic mass is 10.6. The second-order valence-corrected chi connectivity index (χ2v) is 2.39. The van der Waals surface area contributed by atoms with Gasteiger partial charge >= 0.3 is 0 Å². The SMILES string of the molecule is Oc1cc[s+](O)c1. The highest BCUT2D eigenvalue weighted by Crippen LogP contribution is 2.19. The lowest BCUT2D eigenvalue weighted by molar-refractivity contribution is 0.477. The maximum atomic E-state index is 8.60. The Morgan fingerprint density at radius 1 is 1.57 bits per heavy atom. The van der Waals surface area contributed by atoms with Crippen LogP contribution in [0.5, 0.6) is 5.75 Å². The largest absolute Gasteiger partial charge is 0.503 e. The molecule has 0 spiro atoms. The third kappa shape index (κ3) is 0.913. The molecule has 1 unspecified atom stereocenters. The van der Waals surface area contributed by atoms with Crippen LogP contribution in [0.15, 0.2) is 16.8 Å². The van der Waals surface area contributed by atoms with E-state index in [4.69, 9.17) is 9.66 Å². The maximum absolute atomic E-state index is 8.60. The number of aromatic hydroxyl groups is 1. The molecule has 0 bridgehead atoms. The van der Waals surface area contributed by atoms with Crippen LogP contribution < -0.4 is 0 Å². The Bertz CT molecular complexity index is 142. The lowest BCUT2D eigenvalue weighted by Crippen LogP contribution is -1.42. The first-order valence-corrected chi connectivity index (χ1v) is 3.10. The van der Waals surface area contributed by atoms with Gasteiger partial charge in [0.2, 0.25) is 5.38 Å². The van der Waals surface area contributed by atoms with Crippen LogP contribution in [0.4, 0.5) is 0 Å². The van der Waals surface area contributed by atoms with E-state index in [0.717, 1.165) is 0 Å². The molecule has 0 radical (unpaired) electrons. The van der Waals surface area contributed by atoms with Gasteiger partial charge in [-0.2, -0.15) is 4.55 Å². The highest BCUT2D eigenvalue weighted by atomic mass is 32.2. The number of hydrogen-bond acceptors (Lipinski definition) is 2. The minimum Gasteiger partial charge on any atom is -0.503 e. The summed E-state index contributed by atoms with van der Waals surface area (Å²) in [5.41, 5.74) is 0. The van der Waals surface area contributed by atoms with Gasteiger partial charge in [0, 0.05) is 6.07 Å². The van der Waals surface area contributed by atoms with Gasteiger partial charge in [0.1, 0.15) is 10.8 Å². The second kappa shape index (κ2) is 1.52. The summed E-state index contributed by atoms with van der Waals surface area (Å²) in [5, 5.41) is 11.4. The molecule has 1 rings (SSSR count). The van der Waals surface area contributed by atoms with Gasteiger partial charge in [-0.15, -0.1) is 0 Å². The first-order chi connectivity index (χ1) is 3.29. The zero-order chi connectivity index (χ0) is 5.28. The van der Waals surface area contributed by atoms with E-state index in [-0.39, 0.29) is 5.75 Å². The molecule has 0 saturated heterocycles. The minimum absolute atomic E-state index is 0.158. The molecule has 0 aromatic carbocycles. The van der Waals surface area contributed by atoms with Gasteiger partial charge in [-0.3, -0.25) is 0 Å².